The minimum atomic E-state index is -9.91. The van der Waals surface area contributed by atoms with E-state index in [1.165, 1.54) is 43.3 Å². The molecule has 0 spiro atoms. The van der Waals surface area contributed by atoms with Crippen molar-refractivity contribution in [2.45, 2.75) is 24.3 Å². The Morgan fingerprint density at radius 2 is 1.58 bits per heavy atom. The number of ether oxygens (including phenoxy) is 2. The van der Waals surface area contributed by atoms with Gasteiger partial charge in [0.1, 0.15) is 23.1 Å². The number of rotatable bonds is 8. The Bertz CT molecular complexity index is 1480. The second-order valence-electron chi connectivity index (χ2n) is 8.47. The Labute approximate surface area is 213 Å². The highest BCUT2D eigenvalue weighted by molar-refractivity contribution is 8.45. The van der Waals surface area contributed by atoms with Gasteiger partial charge in [-0.25, -0.2) is 4.39 Å². The molecular weight excluding hydrogens is 536 g/mol. The third-order valence-electron chi connectivity index (χ3n) is 5.14. The number of carbonyl (C=O) groups is 1. The van der Waals surface area contributed by atoms with Crippen LogP contribution in [-0.4, -0.2) is 18.1 Å². The van der Waals surface area contributed by atoms with Crippen LogP contribution in [0.4, 0.5) is 23.8 Å². The lowest BCUT2D eigenvalue weighted by Crippen LogP contribution is -2.49. The predicted molar refractivity (Wildman–Crippen MR) is 127 cm³/mol. The van der Waals surface area contributed by atoms with Crippen molar-refractivity contribution in [3.05, 3.63) is 83.2 Å². The zero-order valence-electron chi connectivity index (χ0n) is 19.8. The highest BCUT2D eigenvalue weighted by atomic mass is 32.5. The molecule has 0 heterocycles. The molecule has 0 saturated carbocycles. The average Bonchev–Trinajstić information content (AvgIpc) is 2.83. The maximum atomic E-state index is 13.4. The smallest absolute Gasteiger partial charge is 0.310 e. The fourth-order valence-corrected chi connectivity index (χ4v) is 3.78. The van der Waals surface area contributed by atoms with Crippen LogP contribution < -0.4 is 14.8 Å². The summed E-state index contributed by atoms with van der Waals surface area (Å²) < 4.78 is 89.5. The van der Waals surface area contributed by atoms with E-state index in [1.54, 1.807) is 6.92 Å². The van der Waals surface area contributed by atoms with Gasteiger partial charge < -0.3 is 14.8 Å². The zero-order valence-corrected chi connectivity index (χ0v) is 20.6. The second kappa shape index (κ2) is 9.19. The molecule has 0 aliphatic carbocycles. The maximum Gasteiger partial charge on any atom is 0.310 e. The van der Waals surface area contributed by atoms with Crippen molar-refractivity contribution < 1.29 is 38.1 Å². The topological polar surface area (TPSA) is 95.1 Å². The summed E-state index contributed by atoms with van der Waals surface area (Å²) >= 11 is 0. The van der Waals surface area contributed by atoms with E-state index in [-0.39, 0.29) is 34.9 Å². The summed E-state index contributed by atoms with van der Waals surface area (Å²) in [5.41, 5.74) is -1.51. The van der Waals surface area contributed by atoms with Gasteiger partial charge in [-0.1, -0.05) is 19.4 Å². The zero-order chi connectivity index (χ0) is 28.4. The lowest BCUT2D eigenvalue weighted by Gasteiger charge is -2.40. The molecular formula is C25H19F6N3O3S. The second-order valence-corrected chi connectivity index (χ2v) is 10.9. The van der Waals surface area contributed by atoms with Gasteiger partial charge in [0.2, 0.25) is 0 Å². The van der Waals surface area contributed by atoms with E-state index in [9.17, 15) is 39.1 Å². The van der Waals surface area contributed by atoms with E-state index in [0.717, 1.165) is 0 Å². The number of nitrogens with one attached hydrogen (secondary N) is 1. The van der Waals surface area contributed by atoms with E-state index in [4.69, 9.17) is 9.47 Å². The molecule has 6 nitrogen and oxygen atoms in total. The van der Waals surface area contributed by atoms with Crippen molar-refractivity contribution in [3.63, 3.8) is 0 Å². The molecule has 3 aromatic rings. The molecule has 1 N–H and O–H groups in total. The minimum Gasteiger partial charge on any atom is -0.486 e. The Hall–Kier alpha value is -4.36. The van der Waals surface area contributed by atoms with Gasteiger partial charge in [-0.2, -0.15) is 10.5 Å². The fraction of sp³-hybridized carbons (Fsp3) is 0.160. The molecule has 3 rings (SSSR count). The highest BCUT2D eigenvalue weighted by Crippen LogP contribution is 3.02. The molecule has 13 heteroatoms. The molecule has 3 aromatic carbocycles. The van der Waals surface area contributed by atoms with Crippen LogP contribution in [0.25, 0.3) is 0 Å². The quantitative estimate of drug-likeness (QED) is 0.290. The van der Waals surface area contributed by atoms with Gasteiger partial charge >= 0.3 is 10.2 Å². The number of nitrogens with zero attached hydrogens (tertiary/aromatic N) is 2. The summed E-state index contributed by atoms with van der Waals surface area (Å²) in [6.45, 7) is 2.36. The summed E-state index contributed by atoms with van der Waals surface area (Å²) in [6.07, 6.45) is 0. The first-order chi connectivity index (χ1) is 17.4. The number of benzene rings is 3. The molecule has 0 fully saturated rings. The summed E-state index contributed by atoms with van der Waals surface area (Å²) in [4.78, 5) is 10.4. The summed E-state index contributed by atoms with van der Waals surface area (Å²) in [5, 5.41) is 21.2. The average molecular weight is 556 g/mol. The van der Waals surface area contributed by atoms with Crippen LogP contribution in [0, 0.1) is 35.4 Å². The van der Waals surface area contributed by atoms with Crippen LogP contribution in [0.2, 0.25) is 0 Å². The Kier molecular flexibility index (Phi) is 6.82. The molecule has 1 atom stereocenters. The highest BCUT2D eigenvalue weighted by Gasteiger charge is 2.65. The van der Waals surface area contributed by atoms with Crippen molar-refractivity contribution >= 4 is 16.1 Å². The van der Waals surface area contributed by atoms with Gasteiger partial charge in [-0.05, 0) is 74.0 Å². The molecule has 0 aromatic heterocycles. The number of nitriles is 2. The molecule has 38 heavy (non-hydrogen) atoms. The normalized spacial score (nSPS) is 14.6. The summed E-state index contributed by atoms with van der Waals surface area (Å²) in [6, 6.07) is 13.0. The largest absolute Gasteiger partial charge is 0.486 e. The summed E-state index contributed by atoms with van der Waals surface area (Å²) in [7, 11) is -9.91. The van der Waals surface area contributed by atoms with Crippen LogP contribution >= 0.6 is 10.2 Å². The SMILES string of the molecule is Cc1cc(F)ccc1Oc1ccc(C#N)cc1OCC(C)(C#N)NC(=O)c1ccc(S(F)(F)(F)(F)F)cc1. The van der Waals surface area contributed by atoms with Gasteiger partial charge in [0.15, 0.2) is 17.0 Å². The lowest BCUT2D eigenvalue weighted by atomic mass is 10.0. The number of halogens is 6. The Morgan fingerprint density at radius 3 is 2.13 bits per heavy atom. The molecule has 0 radical (unpaired) electrons. The van der Waals surface area contributed by atoms with E-state index < -0.39 is 44.6 Å². The first-order valence-corrected chi connectivity index (χ1v) is 12.6. The molecule has 200 valence electrons. The number of amides is 1. The van der Waals surface area contributed by atoms with Crippen LogP contribution in [-0.2, 0) is 0 Å². The van der Waals surface area contributed by atoms with Gasteiger partial charge in [0.25, 0.3) is 5.91 Å². The Balaban J connectivity index is 1.80. The number of hydrogen-bond acceptors (Lipinski definition) is 5. The van der Waals surface area contributed by atoms with E-state index in [2.05, 4.69) is 5.32 Å². The van der Waals surface area contributed by atoms with Gasteiger partial charge in [-0.15, -0.1) is 0 Å². The minimum absolute atomic E-state index is 0.00346. The first kappa shape index (κ1) is 28.2. The lowest BCUT2D eigenvalue weighted by molar-refractivity contribution is 0.0900. The van der Waals surface area contributed by atoms with E-state index in [0.29, 0.717) is 17.7 Å². The Morgan fingerprint density at radius 1 is 0.947 bits per heavy atom. The van der Waals surface area contributed by atoms with Gasteiger partial charge in [0.05, 0.1) is 17.7 Å². The maximum absolute atomic E-state index is 13.4. The van der Waals surface area contributed by atoms with Crippen LogP contribution in [0.3, 0.4) is 0 Å². The number of aryl methyl sites for hydroxylation is 1. The molecule has 1 unspecified atom stereocenters. The monoisotopic (exact) mass is 555 g/mol. The number of hydrogen-bond donors (Lipinski definition) is 1. The molecule has 0 bridgehead atoms. The summed E-state index contributed by atoms with van der Waals surface area (Å²) in [5.74, 6) is -1.10. The van der Waals surface area contributed by atoms with E-state index >= 15 is 0 Å². The van der Waals surface area contributed by atoms with Crippen molar-refractivity contribution in [2.24, 2.45) is 0 Å². The van der Waals surface area contributed by atoms with Crippen LogP contribution in [0.5, 0.6) is 17.2 Å². The van der Waals surface area contributed by atoms with Crippen molar-refractivity contribution in [1.29, 1.82) is 10.5 Å². The van der Waals surface area contributed by atoms with Gasteiger partial charge in [-0.3, -0.25) is 4.79 Å². The van der Waals surface area contributed by atoms with Crippen LogP contribution in [0.15, 0.2) is 65.6 Å². The fourth-order valence-electron chi connectivity index (χ4n) is 3.13. The molecule has 0 aliphatic rings. The van der Waals surface area contributed by atoms with Crippen LogP contribution in [0.1, 0.15) is 28.4 Å². The van der Waals surface area contributed by atoms with Crippen molar-refractivity contribution in [3.8, 4) is 29.4 Å². The first-order valence-electron chi connectivity index (χ1n) is 10.6. The van der Waals surface area contributed by atoms with Crippen molar-refractivity contribution in [2.75, 3.05) is 6.61 Å². The molecule has 1 amide bonds. The third-order valence-corrected chi connectivity index (χ3v) is 6.31. The molecule has 0 aliphatic heterocycles. The predicted octanol–water partition coefficient (Wildman–Crippen LogP) is 7.55. The number of carbonyl (C=O) groups excluding carboxylic acids is 1. The van der Waals surface area contributed by atoms with Crippen molar-refractivity contribution in [1.82, 2.24) is 5.32 Å². The van der Waals surface area contributed by atoms with Gasteiger partial charge in [0, 0.05) is 11.6 Å². The third kappa shape index (κ3) is 6.89. The van der Waals surface area contributed by atoms with E-state index in [1.807, 2.05) is 12.1 Å². The standard InChI is InChI=1S/C25H19F6N3O3S/c1-16-11-19(26)6-10-21(16)37-22-9-3-17(13-32)12-23(22)36-15-25(2,14-33)34-24(35)18-4-7-20(8-5-18)38(27,28,29,30)31/h3-12H,15H2,1-2H3,(H,34,35). The molecule has 0 saturated heterocycles.